The van der Waals surface area contributed by atoms with Gasteiger partial charge in [0.1, 0.15) is 5.02 Å². The Bertz CT molecular complexity index is 746. The van der Waals surface area contributed by atoms with Gasteiger partial charge in [0.2, 0.25) is 0 Å². The zero-order chi connectivity index (χ0) is 17.0. The first-order valence-corrected chi connectivity index (χ1v) is 6.55. The van der Waals surface area contributed by atoms with E-state index in [1.807, 2.05) is 0 Å². The Morgan fingerprint density at radius 3 is 2.35 bits per heavy atom. The molecule has 0 aromatic heterocycles. The molecule has 0 aliphatic rings. The van der Waals surface area contributed by atoms with E-state index >= 15 is 0 Å². The predicted molar refractivity (Wildman–Crippen MR) is 80.8 cm³/mol. The van der Waals surface area contributed by atoms with E-state index in [0.29, 0.717) is 11.3 Å². The van der Waals surface area contributed by atoms with Crippen molar-refractivity contribution in [2.45, 2.75) is 6.18 Å². The van der Waals surface area contributed by atoms with Gasteiger partial charge in [-0.2, -0.15) is 18.3 Å². The Morgan fingerprint density at radius 2 is 1.83 bits per heavy atom. The first-order chi connectivity index (χ1) is 10.8. The van der Waals surface area contributed by atoms with Gasteiger partial charge in [0.25, 0.3) is 5.69 Å². The molecule has 9 heteroatoms. The lowest BCUT2D eigenvalue weighted by molar-refractivity contribution is -0.384. The highest BCUT2D eigenvalue weighted by Gasteiger charge is 2.29. The molecular formula is C14H9ClF3N3O2. The highest BCUT2D eigenvalue weighted by molar-refractivity contribution is 6.32. The van der Waals surface area contributed by atoms with Crippen molar-refractivity contribution in [1.29, 1.82) is 0 Å². The molecule has 5 nitrogen and oxygen atoms in total. The lowest BCUT2D eigenvalue weighted by Gasteiger charge is -2.05. The Hall–Kier alpha value is -2.61. The fourth-order valence-electron chi connectivity index (χ4n) is 1.66. The van der Waals surface area contributed by atoms with Crippen LogP contribution in [0.4, 0.5) is 24.5 Å². The Morgan fingerprint density at radius 1 is 1.17 bits per heavy atom. The molecule has 0 unspecified atom stereocenters. The number of hydrazone groups is 1. The van der Waals surface area contributed by atoms with Gasteiger partial charge in [0, 0.05) is 6.07 Å². The van der Waals surface area contributed by atoms with Crippen LogP contribution in [0.5, 0.6) is 0 Å². The minimum Gasteiger partial charge on any atom is -0.278 e. The normalized spacial score (nSPS) is 11.7. The van der Waals surface area contributed by atoms with Crippen LogP contribution in [0.2, 0.25) is 5.02 Å². The van der Waals surface area contributed by atoms with Gasteiger partial charge in [-0.15, -0.1) is 0 Å². The van der Waals surface area contributed by atoms with Crippen LogP contribution in [-0.4, -0.2) is 11.1 Å². The summed E-state index contributed by atoms with van der Waals surface area (Å²) in [6, 6.07) is 8.40. The van der Waals surface area contributed by atoms with Crippen molar-refractivity contribution in [2.75, 3.05) is 5.43 Å². The molecule has 2 aromatic carbocycles. The maximum Gasteiger partial charge on any atom is 0.416 e. The number of alkyl halides is 3. The number of benzene rings is 2. The minimum atomic E-state index is -4.39. The Balaban J connectivity index is 2.04. The quantitative estimate of drug-likeness (QED) is 0.496. The number of nitro groups is 1. The third-order valence-corrected chi connectivity index (χ3v) is 3.09. The van der Waals surface area contributed by atoms with E-state index < -0.39 is 16.7 Å². The molecule has 120 valence electrons. The molecule has 0 saturated heterocycles. The van der Waals surface area contributed by atoms with Crippen molar-refractivity contribution in [3.8, 4) is 0 Å². The molecule has 2 aromatic rings. The first-order valence-electron chi connectivity index (χ1n) is 6.17. The summed E-state index contributed by atoms with van der Waals surface area (Å²) in [5, 5.41) is 14.4. The summed E-state index contributed by atoms with van der Waals surface area (Å²) in [6.07, 6.45) is -3.07. The van der Waals surface area contributed by atoms with Gasteiger partial charge in [-0.1, -0.05) is 23.7 Å². The second-order valence-corrected chi connectivity index (χ2v) is 4.82. The number of halogens is 4. The van der Waals surface area contributed by atoms with Gasteiger partial charge >= 0.3 is 6.18 Å². The Kier molecular flexibility index (Phi) is 4.85. The standard InChI is InChI=1S/C14H9ClF3N3O2/c15-12-7-11(5-6-13(12)21(22)23)20-19-8-9-1-3-10(4-2-9)14(16,17)18/h1-8,20H. The molecule has 0 spiro atoms. The second kappa shape index (κ2) is 6.66. The van der Waals surface area contributed by atoms with Crippen molar-refractivity contribution in [3.05, 3.63) is 68.7 Å². The van der Waals surface area contributed by atoms with E-state index in [0.717, 1.165) is 12.1 Å². The summed E-state index contributed by atoms with van der Waals surface area (Å²) in [6.45, 7) is 0. The maximum absolute atomic E-state index is 12.4. The molecule has 0 saturated carbocycles. The number of nitrogens with zero attached hydrogens (tertiary/aromatic N) is 2. The third-order valence-electron chi connectivity index (χ3n) is 2.79. The number of rotatable bonds is 4. The number of nitro benzene ring substituents is 1. The van der Waals surface area contributed by atoms with Crippen LogP contribution in [0, 0.1) is 10.1 Å². The topological polar surface area (TPSA) is 67.5 Å². The fourth-order valence-corrected chi connectivity index (χ4v) is 1.91. The zero-order valence-corrected chi connectivity index (χ0v) is 12.1. The summed E-state index contributed by atoms with van der Waals surface area (Å²) in [5.41, 5.74) is 2.47. The third kappa shape index (κ3) is 4.43. The van der Waals surface area contributed by atoms with E-state index in [1.165, 1.54) is 36.5 Å². The van der Waals surface area contributed by atoms with Gasteiger partial charge in [0.15, 0.2) is 0 Å². The summed E-state index contributed by atoms with van der Waals surface area (Å²) in [7, 11) is 0. The average molecular weight is 344 g/mol. The van der Waals surface area contributed by atoms with E-state index in [2.05, 4.69) is 10.5 Å². The van der Waals surface area contributed by atoms with E-state index in [1.54, 1.807) is 0 Å². The SMILES string of the molecule is O=[N+]([O-])c1ccc(NN=Cc2ccc(C(F)(F)F)cc2)cc1Cl. The number of hydrogen-bond donors (Lipinski definition) is 1. The molecule has 23 heavy (non-hydrogen) atoms. The number of nitrogens with one attached hydrogen (secondary N) is 1. The summed E-state index contributed by atoms with van der Waals surface area (Å²) < 4.78 is 37.2. The predicted octanol–water partition coefficient (Wildman–Crippen LogP) is 4.71. The van der Waals surface area contributed by atoms with E-state index in [9.17, 15) is 23.3 Å². The van der Waals surface area contributed by atoms with Crippen LogP contribution in [0.15, 0.2) is 47.6 Å². The van der Waals surface area contributed by atoms with Crippen LogP contribution in [0.25, 0.3) is 0 Å². The monoisotopic (exact) mass is 343 g/mol. The van der Waals surface area contributed by atoms with E-state index in [4.69, 9.17) is 11.6 Å². The van der Waals surface area contributed by atoms with Crippen LogP contribution in [-0.2, 0) is 6.18 Å². The molecule has 0 fully saturated rings. The molecule has 0 amide bonds. The second-order valence-electron chi connectivity index (χ2n) is 4.41. The van der Waals surface area contributed by atoms with Crippen molar-refractivity contribution >= 4 is 29.2 Å². The number of anilines is 1. The smallest absolute Gasteiger partial charge is 0.278 e. The van der Waals surface area contributed by atoms with Gasteiger partial charge in [-0.25, -0.2) is 0 Å². The van der Waals surface area contributed by atoms with E-state index in [-0.39, 0.29) is 10.7 Å². The molecule has 2 rings (SSSR count). The molecule has 0 radical (unpaired) electrons. The number of hydrogen-bond acceptors (Lipinski definition) is 4. The van der Waals surface area contributed by atoms with Crippen LogP contribution in [0.3, 0.4) is 0 Å². The Labute approximate surface area is 133 Å². The molecule has 0 aliphatic heterocycles. The molecule has 0 atom stereocenters. The summed E-state index contributed by atoms with van der Waals surface area (Å²) in [5.74, 6) is 0. The van der Waals surface area contributed by atoms with Crippen molar-refractivity contribution < 1.29 is 18.1 Å². The van der Waals surface area contributed by atoms with Gasteiger partial charge in [-0.05, 0) is 29.8 Å². The van der Waals surface area contributed by atoms with Gasteiger partial charge in [0.05, 0.1) is 22.4 Å². The lowest BCUT2D eigenvalue weighted by Crippen LogP contribution is -2.04. The van der Waals surface area contributed by atoms with Crippen molar-refractivity contribution in [2.24, 2.45) is 5.10 Å². The van der Waals surface area contributed by atoms with Crippen molar-refractivity contribution in [1.82, 2.24) is 0 Å². The molecule has 0 heterocycles. The fraction of sp³-hybridized carbons (Fsp3) is 0.0714. The van der Waals surface area contributed by atoms with Crippen LogP contribution < -0.4 is 5.43 Å². The van der Waals surface area contributed by atoms with Crippen molar-refractivity contribution in [3.63, 3.8) is 0 Å². The molecular weight excluding hydrogens is 335 g/mol. The molecule has 1 N–H and O–H groups in total. The lowest BCUT2D eigenvalue weighted by atomic mass is 10.1. The summed E-state index contributed by atoms with van der Waals surface area (Å²) in [4.78, 5) is 10.0. The zero-order valence-electron chi connectivity index (χ0n) is 11.3. The summed E-state index contributed by atoms with van der Waals surface area (Å²) >= 11 is 5.74. The average Bonchev–Trinajstić information content (AvgIpc) is 2.46. The van der Waals surface area contributed by atoms with Crippen LogP contribution >= 0.6 is 11.6 Å². The maximum atomic E-state index is 12.4. The largest absolute Gasteiger partial charge is 0.416 e. The van der Waals surface area contributed by atoms with Gasteiger partial charge in [-0.3, -0.25) is 15.5 Å². The molecule has 0 bridgehead atoms. The first kappa shape index (κ1) is 16.8. The van der Waals surface area contributed by atoms with Crippen LogP contribution in [0.1, 0.15) is 11.1 Å². The van der Waals surface area contributed by atoms with Gasteiger partial charge < -0.3 is 0 Å². The molecule has 0 aliphatic carbocycles. The highest BCUT2D eigenvalue weighted by Crippen LogP contribution is 2.29. The highest BCUT2D eigenvalue weighted by atomic mass is 35.5. The minimum absolute atomic E-state index is 0.0512.